The molecule has 0 saturated heterocycles. The standard InChI is InChI=1S/C5H5N5O.ClH/c6-5-9-3-2(4(11)10-5)7-1-8-3;/h1,3H,(H3,6,9,10,11);1H. The third kappa shape index (κ3) is 1.16. The van der Waals surface area contributed by atoms with Crippen molar-refractivity contribution >= 4 is 36.3 Å². The molecule has 1 atom stereocenters. The molecule has 0 aromatic rings. The van der Waals surface area contributed by atoms with Gasteiger partial charge in [0.25, 0.3) is 5.91 Å². The summed E-state index contributed by atoms with van der Waals surface area (Å²) in [4.78, 5) is 22.4. The van der Waals surface area contributed by atoms with Crippen LogP contribution in [0.2, 0.25) is 0 Å². The van der Waals surface area contributed by atoms with Crippen molar-refractivity contribution in [1.82, 2.24) is 5.32 Å². The number of amides is 1. The second kappa shape index (κ2) is 2.90. The molecule has 1 amide bonds. The minimum atomic E-state index is -0.510. The highest BCUT2D eigenvalue weighted by atomic mass is 35.5. The molecule has 12 heavy (non-hydrogen) atoms. The van der Waals surface area contributed by atoms with Crippen LogP contribution in [0.5, 0.6) is 0 Å². The van der Waals surface area contributed by atoms with Crippen LogP contribution in [0.25, 0.3) is 0 Å². The fraction of sp³-hybridized carbons (Fsp3) is 0.200. The molecule has 2 heterocycles. The number of carbonyl (C=O) groups excluding carboxylic acids is 1. The predicted molar refractivity (Wildman–Crippen MR) is 46.7 cm³/mol. The maximum Gasteiger partial charge on any atom is 0.276 e. The van der Waals surface area contributed by atoms with E-state index in [0.29, 0.717) is 5.71 Å². The molecule has 0 aliphatic carbocycles. The minimum absolute atomic E-state index is 0. The maximum absolute atomic E-state index is 11.0. The summed E-state index contributed by atoms with van der Waals surface area (Å²) in [5, 5.41) is 2.33. The van der Waals surface area contributed by atoms with Gasteiger partial charge < -0.3 is 5.73 Å². The van der Waals surface area contributed by atoms with E-state index in [1.165, 1.54) is 6.34 Å². The minimum Gasteiger partial charge on any atom is -0.370 e. The third-order valence-electron chi connectivity index (χ3n) is 1.38. The first-order valence-corrected chi connectivity index (χ1v) is 3.01. The first-order valence-electron chi connectivity index (χ1n) is 3.01. The van der Waals surface area contributed by atoms with E-state index in [-0.39, 0.29) is 24.3 Å². The van der Waals surface area contributed by atoms with Crippen molar-refractivity contribution < 1.29 is 4.79 Å². The van der Waals surface area contributed by atoms with E-state index in [4.69, 9.17) is 5.73 Å². The zero-order valence-corrected chi connectivity index (χ0v) is 6.71. The molecule has 7 heteroatoms. The van der Waals surface area contributed by atoms with Crippen molar-refractivity contribution in [3.63, 3.8) is 0 Å². The number of halogens is 1. The number of carbonyl (C=O) groups is 1. The normalized spacial score (nSPS) is 25.0. The molecule has 0 radical (unpaired) electrons. The van der Waals surface area contributed by atoms with E-state index >= 15 is 0 Å². The van der Waals surface area contributed by atoms with E-state index in [1.54, 1.807) is 0 Å². The number of hydrogen-bond acceptors (Lipinski definition) is 5. The summed E-state index contributed by atoms with van der Waals surface area (Å²) in [6.07, 6.45) is 0.797. The molecule has 3 N–H and O–H groups in total. The highest BCUT2D eigenvalue weighted by molar-refractivity contribution is 6.46. The number of hydrogen-bond donors (Lipinski definition) is 2. The maximum atomic E-state index is 11.0. The smallest absolute Gasteiger partial charge is 0.276 e. The summed E-state index contributed by atoms with van der Waals surface area (Å²) in [6, 6.07) is 0. The van der Waals surface area contributed by atoms with Crippen molar-refractivity contribution in [1.29, 1.82) is 0 Å². The molecule has 0 saturated carbocycles. The molecule has 1 unspecified atom stereocenters. The molecule has 0 aromatic heterocycles. The Morgan fingerprint density at radius 3 is 3.08 bits per heavy atom. The van der Waals surface area contributed by atoms with Gasteiger partial charge in [0.05, 0.1) is 0 Å². The molecular formula is C5H6ClN5O. The van der Waals surface area contributed by atoms with Gasteiger partial charge in [0.1, 0.15) is 6.34 Å². The van der Waals surface area contributed by atoms with Gasteiger partial charge in [-0.25, -0.2) is 15.0 Å². The molecule has 0 spiro atoms. The van der Waals surface area contributed by atoms with Crippen molar-refractivity contribution in [3.8, 4) is 0 Å². The summed E-state index contributed by atoms with van der Waals surface area (Å²) in [7, 11) is 0. The Hall–Kier alpha value is -1.43. The second-order valence-corrected chi connectivity index (χ2v) is 2.12. The molecule has 2 aliphatic rings. The van der Waals surface area contributed by atoms with Gasteiger partial charge in [0, 0.05) is 0 Å². The molecule has 2 rings (SSSR count). The molecule has 0 aromatic carbocycles. The highest BCUT2D eigenvalue weighted by Gasteiger charge is 2.28. The monoisotopic (exact) mass is 187 g/mol. The SMILES string of the molecule is Cl.NC1=NC2N=CN=C2C(=O)N1. The number of nitrogens with zero attached hydrogens (tertiary/aromatic N) is 3. The zero-order valence-electron chi connectivity index (χ0n) is 5.89. The van der Waals surface area contributed by atoms with Gasteiger partial charge in [-0.2, -0.15) is 0 Å². The summed E-state index contributed by atoms with van der Waals surface area (Å²) in [5.41, 5.74) is 5.58. The van der Waals surface area contributed by atoms with Gasteiger partial charge in [-0.05, 0) is 0 Å². The third-order valence-corrected chi connectivity index (χ3v) is 1.38. The van der Waals surface area contributed by atoms with E-state index in [1.807, 2.05) is 0 Å². The molecule has 64 valence electrons. The van der Waals surface area contributed by atoms with E-state index in [2.05, 4.69) is 20.3 Å². The summed E-state index contributed by atoms with van der Waals surface area (Å²) >= 11 is 0. The van der Waals surface area contributed by atoms with Crippen LogP contribution in [-0.4, -0.2) is 30.1 Å². The van der Waals surface area contributed by atoms with Crippen molar-refractivity contribution in [2.45, 2.75) is 6.17 Å². The Balaban J connectivity index is 0.000000720. The largest absolute Gasteiger partial charge is 0.370 e. The quantitative estimate of drug-likeness (QED) is 0.491. The first-order chi connectivity index (χ1) is 5.27. The molecule has 6 nitrogen and oxygen atoms in total. The van der Waals surface area contributed by atoms with Gasteiger partial charge in [0.2, 0.25) is 0 Å². The lowest BCUT2D eigenvalue weighted by Gasteiger charge is -2.13. The summed E-state index contributed by atoms with van der Waals surface area (Å²) in [6.45, 7) is 0. The van der Waals surface area contributed by atoms with Crippen molar-refractivity contribution in [3.05, 3.63) is 0 Å². The first kappa shape index (κ1) is 8.66. The fourth-order valence-electron chi connectivity index (χ4n) is 0.911. The van der Waals surface area contributed by atoms with Crippen LogP contribution >= 0.6 is 12.4 Å². The van der Waals surface area contributed by atoms with E-state index in [9.17, 15) is 4.79 Å². The van der Waals surface area contributed by atoms with Gasteiger partial charge in [0.15, 0.2) is 17.8 Å². The number of aliphatic imine (C=N–C) groups is 3. The fourth-order valence-corrected chi connectivity index (χ4v) is 0.911. The Bertz CT molecular complexity index is 307. The Kier molecular flexibility index (Phi) is 2.09. The predicted octanol–water partition coefficient (Wildman–Crippen LogP) is -1.34. The summed E-state index contributed by atoms with van der Waals surface area (Å²) < 4.78 is 0. The molecule has 0 fully saturated rings. The van der Waals surface area contributed by atoms with E-state index < -0.39 is 6.17 Å². The number of fused-ring (bicyclic) bond motifs is 1. The van der Waals surface area contributed by atoms with Crippen LogP contribution in [0.1, 0.15) is 0 Å². The second-order valence-electron chi connectivity index (χ2n) is 2.12. The van der Waals surface area contributed by atoms with Crippen LogP contribution in [0.15, 0.2) is 15.0 Å². The lowest BCUT2D eigenvalue weighted by Crippen LogP contribution is -2.48. The number of nitrogens with one attached hydrogen (secondary N) is 1. The van der Waals surface area contributed by atoms with Crippen LogP contribution in [0.3, 0.4) is 0 Å². The number of guanidine groups is 1. The van der Waals surface area contributed by atoms with E-state index in [0.717, 1.165) is 0 Å². The average molecular weight is 188 g/mol. The van der Waals surface area contributed by atoms with Crippen LogP contribution < -0.4 is 11.1 Å². The zero-order chi connectivity index (χ0) is 7.84. The van der Waals surface area contributed by atoms with Gasteiger partial charge in [-0.15, -0.1) is 12.4 Å². The number of rotatable bonds is 0. The highest BCUT2D eigenvalue weighted by Crippen LogP contribution is 2.06. The van der Waals surface area contributed by atoms with Gasteiger partial charge in [-0.1, -0.05) is 0 Å². The average Bonchev–Trinajstić information content (AvgIpc) is 2.34. The molecular weight excluding hydrogens is 182 g/mol. The van der Waals surface area contributed by atoms with Gasteiger partial charge >= 0.3 is 0 Å². The van der Waals surface area contributed by atoms with Crippen LogP contribution in [0.4, 0.5) is 0 Å². The van der Waals surface area contributed by atoms with Crippen molar-refractivity contribution in [2.75, 3.05) is 0 Å². The summed E-state index contributed by atoms with van der Waals surface area (Å²) in [5.74, 6) is -0.224. The topological polar surface area (TPSA) is 92.2 Å². The van der Waals surface area contributed by atoms with Crippen LogP contribution in [0, 0.1) is 0 Å². The Labute approximate surface area is 74.1 Å². The molecule has 0 bridgehead atoms. The lowest BCUT2D eigenvalue weighted by atomic mass is 10.2. The van der Waals surface area contributed by atoms with Gasteiger partial charge in [-0.3, -0.25) is 10.1 Å². The Morgan fingerprint density at radius 1 is 1.58 bits per heavy atom. The Morgan fingerprint density at radius 2 is 2.33 bits per heavy atom. The van der Waals surface area contributed by atoms with Crippen LogP contribution in [-0.2, 0) is 4.79 Å². The molecule has 2 aliphatic heterocycles. The van der Waals surface area contributed by atoms with Crippen molar-refractivity contribution in [2.24, 2.45) is 20.7 Å². The lowest BCUT2D eigenvalue weighted by molar-refractivity contribution is -0.113. The number of nitrogens with two attached hydrogens (primary N) is 1.